The molecule has 0 fully saturated rings. The van der Waals surface area contributed by atoms with Crippen molar-refractivity contribution in [2.75, 3.05) is 6.61 Å². The zero-order valence-electron chi connectivity index (χ0n) is 10.7. The van der Waals surface area contributed by atoms with Gasteiger partial charge in [-0.15, -0.1) is 0 Å². The Morgan fingerprint density at radius 2 is 1.85 bits per heavy atom. The molecule has 0 aliphatic rings. The summed E-state index contributed by atoms with van der Waals surface area (Å²) in [4.78, 5) is 39.7. The molecular weight excluding hydrogens is 314 g/mol. The van der Waals surface area contributed by atoms with Crippen LogP contribution in [-0.2, 0) is 20.9 Å². The van der Waals surface area contributed by atoms with Gasteiger partial charge in [-0.3, -0.25) is 9.13 Å². The highest BCUT2D eigenvalue weighted by atomic mass is 31.2. The van der Waals surface area contributed by atoms with Gasteiger partial charge in [0.25, 0.3) is 5.08 Å². The molecule has 116 valence electrons. The van der Waals surface area contributed by atoms with Gasteiger partial charge >= 0.3 is 15.2 Å². The Bertz CT molecular complexity index is 539. The zero-order chi connectivity index (χ0) is 15.8. The van der Waals surface area contributed by atoms with Gasteiger partial charge in [-0.25, -0.2) is 4.98 Å². The topological polar surface area (TPSA) is 162 Å². The molecule has 1 heterocycles. The van der Waals surface area contributed by atoms with Crippen LogP contribution in [0.2, 0.25) is 0 Å². The van der Waals surface area contributed by atoms with Gasteiger partial charge in [-0.1, -0.05) is 0 Å². The molecule has 1 unspecified atom stereocenters. The van der Waals surface area contributed by atoms with Crippen LogP contribution in [0.25, 0.3) is 0 Å². The SMILES string of the molecule is CC(OCC(O)(P(=O)(O)O)P(=O)(O)O)c1nccn1C. The summed E-state index contributed by atoms with van der Waals surface area (Å²) in [6.45, 7) is 0.220. The maximum atomic E-state index is 11.1. The predicted molar refractivity (Wildman–Crippen MR) is 66.6 cm³/mol. The van der Waals surface area contributed by atoms with E-state index < -0.39 is 33.0 Å². The lowest BCUT2D eigenvalue weighted by molar-refractivity contribution is -0.0134. The summed E-state index contributed by atoms with van der Waals surface area (Å²) in [5, 5.41) is 6.04. The molecular formula is C8H16N2O8P2. The van der Waals surface area contributed by atoms with Crippen molar-refractivity contribution in [2.45, 2.75) is 18.1 Å². The normalized spacial score (nSPS) is 15.3. The second-order valence-electron chi connectivity index (χ2n) is 4.21. The van der Waals surface area contributed by atoms with Crippen molar-refractivity contribution in [1.82, 2.24) is 9.55 Å². The van der Waals surface area contributed by atoms with Crippen LogP contribution in [0.1, 0.15) is 18.9 Å². The molecule has 0 radical (unpaired) electrons. The van der Waals surface area contributed by atoms with Crippen LogP contribution >= 0.6 is 15.2 Å². The maximum Gasteiger partial charge on any atom is 0.371 e. The summed E-state index contributed by atoms with van der Waals surface area (Å²) < 4.78 is 28.8. The van der Waals surface area contributed by atoms with E-state index in [4.69, 9.17) is 24.3 Å². The summed E-state index contributed by atoms with van der Waals surface area (Å²) in [7, 11) is -9.39. The Morgan fingerprint density at radius 3 is 2.20 bits per heavy atom. The first kappa shape index (κ1) is 17.5. The number of rotatable bonds is 6. The fourth-order valence-corrected chi connectivity index (χ4v) is 3.26. The summed E-state index contributed by atoms with van der Waals surface area (Å²) in [6, 6.07) is 0. The largest absolute Gasteiger partial charge is 0.371 e. The van der Waals surface area contributed by atoms with Crippen LogP contribution in [0.4, 0.5) is 0 Å². The molecule has 5 N–H and O–H groups in total. The van der Waals surface area contributed by atoms with E-state index in [1.54, 1.807) is 17.8 Å². The first-order valence-electron chi connectivity index (χ1n) is 5.32. The monoisotopic (exact) mass is 330 g/mol. The van der Waals surface area contributed by atoms with Gasteiger partial charge < -0.3 is 34.0 Å². The van der Waals surface area contributed by atoms with Crippen LogP contribution in [-0.4, -0.2) is 45.9 Å². The first-order valence-corrected chi connectivity index (χ1v) is 8.55. The number of aliphatic hydroxyl groups is 1. The number of imidazole rings is 1. The van der Waals surface area contributed by atoms with Crippen molar-refractivity contribution in [3.63, 3.8) is 0 Å². The molecule has 1 aromatic heterocycles. The number of hydrogen-bond acceptors (Lipinski definition) is 5. The fraction of sp³-hybridized carbons (Fsp3) is 0.625. The van der Waals surface area contributed by atoms with E-state index in [2.05, 4.69) is 4.98 Å². The Labute approximate surface area is 114 Å². The lowest BCUT2D eigenvalue weighted by Gasteiger charge is -2.29. The molecule has 0 spiro atoms. The molecule has 0 saturated heterocycles. The van der Waals surface area contributed by atoms with Crippen LogP contribution in [0.3, 0.4) is 0 Å². The third-order valence-corrected chi connectivity index (χ3v) is 6.37. The van der Waals surface area contributed by atoms with Gasteiger partial charge in [0, 0.05) is 19.4 Å². The molecule has 1 aromatic rings. The predicted octanol–water partition coefficient (Wildman–Crippen LogP) is -0.501. The van der Waals surface area contributed by atoms with Crippen molar-refractivity contribution < 1.29 is 38.5 Å². The minimum absolute atomic E-state index is 0.365. The minimum atomic E-state index is -5.51. The van der Waals surface area contributed by atoms with Gasteiger partial charge in [-0.05, 0) is 6.92 Å². The number of aromatic nitrogens is 2. The van der Waals surface area contributed by atoms with Crippen molar-refractivity contribution in [3.8, 4) is 0 Å². The second kappa shape index (κ2) is 5.67. The lowest BCUT2D eigenvalue weighted by atomic mass is 10.4. The van der Waals surface area contributed by atoms with Gasteiger partial charge in [0.1, 0.15) is 18.5 Å². The van der Waals surface area contributed by atoms with Crippen LogP contribution in [0.15, 0.2) is 12.4 Å². The van der Waals surface area contributed by atoms with E-state index in [0.717, 1.165) is 0 Å². The van der Waals surface area contributed by atoms with E-state index >= 15 is 0 Å². The minimum Gasteiger partial charge on any atom is -0.366 e. The highest BCUT2D eigenvalue weighted by Gasteiger charge is 2.60. The van der Waals surface area contributed by atoms with Crippen LogP contribution < -0.4 is 0 Å². The molecule has 0 aliphatic heterocycles. The Morgan fingerprint density at radius 1 is 1.35 bits per heavy atom. The van der Waals surface area contributed by atoms with Crippen molar-refractivity contribution in [2.24, 2.45) is 7.05 Å². The molecule has 0 saturated carbocycles. The third-order valence-electron chi connectivity index (χ3n) is 2.68. The van der Waals surface area contributed by atoms with Crippen LogP contribution in [0, 0.1) is 0 Å². The molecule has 1 atom stereocenters. The van der Waals surface area contributed by atoms with E-state index in [-0.39, 0.29) is 0 Å². The molecule has 12 heteroatoms. The Hall–Kier alpha value is -0.570. The number of hydrogen-bond donors (Lipinski definition) is 5. The summed E-state index contributed by atoms with van der Waals surface area (Å²) in [5.74, 6) is 0.365. The molecule has 0 bridgehead atoms. The van der Waals surface area contributed by atoms with Gasteiger partial charge in [0.05, 0.1) is 0 Å². The van der Waals surface area contributed by atoms with Gasteiger partial charge in [-0.2, -0.15) is 0 Å². The smallest absolute Gasteiger partial charge is 0.366 e. The molecule has 0 aromatic carbocycles. The zero-order valence-corrected chi connectivity index (χ0v) is 12.5. The Kier molecular flexibility index (Phi) is 4.95. The van der Waals surface area contributed by atoms with Crippen LogP contribution in [0.5, 0.6) is 0 Å². The lowest BCUT2D eigenvalue weighted by Crippen LogP contribution is -2.35. The van der Waals surface area contributed by atoms with Crippen molar-refractivity contribution in [1.29, 1.82) is 0 Å². The average molecular weight is 330 g/mol. The molecule has 1 rings (SSSR count). The number of ether oxygens (including phenoxy) is 1. The molecule has 20 heavy (non-hydrogen) atoms. The van der Waals surface area contributed by atoms with E-state index in [1.807, 2.05) is 0 Å². The van der Waals surface area contributed by atoms with Gasteiger partial charge in [0.15, 0.2) is 0 Å². The molecule has 0 aliphatic carbocycles. The van der Waals surface area contributed by atoms with Gasteiger partial charge in [0.2, 0.25) is 0 Å². The fourth-order valence-electron chi connectivity index (χ4n) is 1.42. The van der Waals surface area contributed by atoms with E-state index in [1.165, 1.54) is 13.1 Å². The second-order valence-corrected chi connectivity index (χ2v) is 8.22. The van der Waals surface area contributed by atoms with Crippen molar-refractivity contribution in [3.05, 3.63) is 18.2 Å². The van der Waals surface area contributed by atoms with E-state index in [9.17, 15) is 14.2 Å². The molecule has 10 nitrogen and oxygen atoms in total. The average Bonchev–Trinajstić information content (AvgIpc) is 2.68. The summed E-state index contributed by atoms with van der Waals surface area (Å²) in [6.07, 6.45) is 2.21. The number of aryl methyl sites for hydroxylation is 1. The summed E-state index contributed by atoms with van der Waals surface area (Å²) in [5.41, 5.74) is 0. The van der Waals surface area contributed by atoms with Crippen molar-refractivity contribution >= 4 is 15.2 Å². The highest BCUT2D eigenvalue weighted by molar-refractivity contribution is 7.72. The third kappa shape index (κ3) is 3.36. The standard InChI is InChI=1S/C8H16N2O8P2/c1-6(7-9-3-4-10(7)2)18-5-8(11,19(12,13)14)20(15,16)17/h3-4,6,11H,5H2,1-2H3,(H2,12,13,14)(H2,15,16,17). The quantitative estimate of drug-likeness (QED) is 0.433. The molecule has 0 amide bonds. The van der Waals surface area contributed by atoms with E-state index in [0.29, 0.717) is 5.82 Å². The number of nitrogens with zero attached hydrogens (tertiary/aromatic N) is 2. The highest BCUT2D eigenvalue weighted by Crippen LogP contribution is 2.67. The first-order chi connectivity index (χ1) is 8.90. The summed E-state index contributed by atoms with van der Waals surface area (Å²) >= 11 is 0. The Balaban J connectivity index is 2.93. The maximum absolute atomic E-state index is 11.1.